The van der Waals surface area contributed by atoms with E-state index in [1.807, 2.05) is 23.9 Å². The van der Waals surface area contributed by atoms with Crippen molar-refractivity contribution in [3.8, 4) is 0 Å². The molecule has 3 aliphatic rings. The molecule has 5 heteroatoms. The molecule has 0 spiro atoms. The van der Waals surface area contributed by atoms with Gasteiger partial charge in [-0.25, -0.2) is 0 Å². The average Bonchev–Trinajstić information content (AvgIpc) is 3.30. The normalized spacial score (nSPS) is 18.6. The Labute approximate surface area is 175 Å². The van der Waals surface area contributed by atoms with Crippen molar-refractivity contribution in [1.29, 1.82) is 0 Å². The Hall–Kier alpha value is -1.72. The molecule has 0 bridgehead atoms. The van der Waals surface area contributed by atoms with Crippen LogP contribution >= 0.6 is 24.2 Å². The lowest BCUT2D eigenvalue weighted by Crippen LogP contribution is -2.24. The largest absolute Gasteiger partial charge is 0.456 e. The zero-order chi connectivity index (χ0) is 18.1. The fraction of sp³-hybridized carbons (Fsp3) is 0.304. The monoisotopic (exact) mass is 413 g/mol. The Bertz CT molecular complexity index is 1070. The van der Waals surface area contributed by atoms with Crippen LogP contribution in [-0.2, 0) is 4.74 Å². The zero-order valence-electron chi connectivity index (χ0n) is 15.7. The summed E-state index contributed by atoms with van der Waals surface area (Å²) in [5.74, 6) is 0. The van der Waals surface area contributed by atoms with E-state index in [1.165, 1.54) is 51.9 Å². The van der Waals surface area contributed by atoms with E-state index >= 15 is 0 Å². The van der Waals surface area contributed by atoms with Crippen LogP contribution in [0.25, 0.3) is 22.0 Å². The van der Waals surface area contributed by atoms with Gasteiger partial charge in [-0.1, -0.05) is 48.2 Å². The van der Waals surface area contributed by atoms with E-state index in [0.717, 1.165) is 24.2 Å². The highest BCUT2D eigenvalue weighted by atomic mass is 35.5. The molecule has 1 saturated heterocycles. The SMILES string of the molecule is C1=CC2=CC=C(COCCN3CCCC3)SC2=c2c(oc3ccccc23)=C1.Cl. The zero-order valence-corrected chi connectivity index (χ0v) is 17.4. The number of para-hydroxylation sites is 1. The van der Waals surface area contributed by atoms with E-state index in [2.05, 4.69) is 47.4 Å². The summed E-state index contributed by atoms with van der Waals surface area (Å²) in [6, 6.07) is 8.28. The fourth-order valence-corrected chi connectivity index (χ4v) is 5.02. The molecule has 0 saturated carbocycles. The maximum atomic E-state index is 6.09. The number of benzene rings is 1. The van der Waals surface area contributed by atoms with Crippen LogP contribution in [0.3, 0.4) is 0 Å². The van der Waals surface area contributed by atoms with Gasteiger partial charge in [0.25, 0.3) is 0 Å². The van der Waals surface area contributed by atoms with Gasteiger partial charge in [0.1, 0.15) is 11.0 Å². The molecule has 1 aromatic carbocycles. The molecule has 2 aromatic rings. The molecule has 0 atom stereocenters. The standard InChI is InChI=1S/C23H23NO2S.ClH/c1-2-8-20-19(7-1)22-21(26-20)9-5-6-17-10-11-18(27-23(17)22)16-25-15-14-24-12-3-4-13-24;/h1-2,5-11H,3-4,12-16H2;1H. The van der Waals surface area contributed by atoms with Crippen molar-refractivity contribution in [1.82, 2.24) is 4.90 Å². The predicted molar refractivity (Wildman–Crippen MR) is 120 cm³/mol. The van der Waals surface area contributed by atoms with Crippen LogP contribution in [0.2, 0.25) is 0 Å². The first kappa shape index (κ1) is 19.6. The summed E-state index contributed by atoms with van der Waals surface area (Å²) in [5.41, 5.74) is 3.12. The van der Waals surface area contributed by atoms with Gasteiger partial charge in [-0.15, -0.1) is 12.4 Å². The van der Waals surface area contributed by atoms with Gasteiger partial charge in [-0.2, -0.15) is 0 Å². The van der Waals surface area contributed by atoms with Gasteiger partial charge < -0.3 is 14.1 Å². The third-order valence-corrected chi connectivity index (χ3v) is 6.47. The van der Waals surface area contributed by atoms with E-state index in [0.29, 0.717) is 6.61 Å². The lowest BCUT2D eigenvalue weighted by atomic mass is 10.1. The van der Waals surface area contributed by atoms with E-state index in [4.69, 9.17) is 9.15 Å². The summed E-state index contributed by atoms with van der Waals surface area (Å²) < 4.78 is 12.1. The Morgan fingerprint density at radius 2 is 1.93 bits per heavy atom. The number of fused-ring (bicyclic) bond motifs is 4. The highest BCUT2D eigenvalue weighted by molar-refractivity contribution is 8.11. The maximum absolute atomic E-state index is 6.09. The predicted octanol–water partition coefficient (Wildman–Crippen LogP) is 3.98. The van der Waals surface area contributed by atoms with Crippen LogP contribution in [0.15, 0.2) is 63.5 Å². The molecule has 28 heavy (non-hydrogen) atoms. The van der Waals surface area contributed by atoms with Crippen LogP contribution < -0.4 is 10.6 Å². The summed E-state index contributed by atoms with van der Waals surface area (Å²) in [4.78, 5) is 5.01. The number of thioether (sulfide) groups is 1. The minimum absolute atomic E-state index is 0. The number of likely N-dealkylation sites (tertiary alicyclic amines) is 1. The Morgan fingerprint density at radius 3 is 2.82 bits per heavy atom. The van der Waals surface area contributed by atoms with Gasteiger partial charge in [0.05, 0.1) is 13.2 Å². The quantitative estimate of drug-likeness (QED) is 0.692. The number of hydrogen-bond donors (Lipinski definition) is 0. The second-order valence-electron chi connectivity index (χ2n) is 7.15. The van der Waals surface area contributed by atoms with Gasteiger partial charge in [0.2, 0.25) is 0 Å². The molecule has 0 N–H and O–H groups in total. The fourth-order valence-electron chi connectivity index (χ4n) is 3.91. The lowest BCUT2D eigenvalue weighted by Gasteiger charge is -2.17. The van der Waals surface area contributed by atoms with Crippen molar-refractivity contribution >= 4 is 46.1 Å². The van der Waals surface area contributed by atoms with Crippen molar-refractivity contribution in [3.63, 3.8) is 0 Å². The summed E-state index contributed by atoms with van der Waals surface area (Å²) in [6.07, 6.45) is 13.4. The van der Waals surface area contributed by atoms with Gasteiger partial charge >= 0.3 is 0 Å². The van der Waals surface area contributed by atoms with Crippen molar-refractivity contribution in [3.05, 3.63) is 69.7 Å². The minimum atomic E-state index is 0. The van der Waals surface area contributed by atoms with Crippen molar-refractivity contribution in [2.75, 3.05) is 32.8 Å². The molecule has 1 aromatic heterocycles. The van der Waals surface area contributed by atoms with E-state index in [1.54, 1.807) is 0 Å². The molecular formula is C23H24ClNO2S. The topological polar surface area (TPSA) is 25.6 Å². The summed E-state index contributed by atoms with van der Waals surface area (Å²) in [7, 11) is 0. The average molecular weight is 414 g/mol. The molecule has 0 amide bonds. The van der Waals surface area contributed by atoms with Crippen LogP contribution in [0.4, 0.5) is 0 Å². The molecule has 1 fully saturated rings. The molecule has 3 heterocycles. The number of rotatable bonds is 5. The lowest BCUT2D eigenvalue weighted by molar-refractivity contribution is 0.132. The van der Waals surface area contributed by atoms with Gasteiger partial charge in [-0.3, -0.25) is 0 Å². The number of hydrogen-bond acceptors (Lipinski definition) is 4. The minimum Gasteiger partial charge on any atom is -0.456 e. The number of furan rings is 1. The smallest absolute Gasteiger partial charge is 0.136 e. The van der Waals surface area contributed by atoms with Crippen LogP contribution in [0.1, 0.15) is 12.8 Å². The number of ether oxygens (including phenoxy) is 1. The second kappa shape index (κ2) is 8.75. The van der Waals surface area contributed by atoms with E-state index < -0.39 is 0 Å². The first-order chi connectivity index (χ1) is 13.4. The summed E-state index contributed by atoms with van der Waals surface area (Å²) in [6.45, 7) is 4.97. The molecule has 5 rings (SSSR count). The molecule has 3 nitrogen and oxygen atoms in total. The molecule has 1 aliphatic carbocycles. The van der Waals surface area contributed by atoms with E-state index in [-0.39, 0.29) is 12.4 Å². The highest BCUT2D eigenvalue weighted by Gasteiger charge is 2.18. The highest BCUT2D eigenvalue weighted by Crippen LogP contribution is 2.37. The first-order valence-electron chi connectivity index (χ1n) is 9.68. The Kier molecular flexibility index (Phi) is 6.12. The third-order valence-electron chi connectivity index (χ3n) is 5.31. The number of allylic oxidation sites excluding steroid dienone is 4. The Balaban J connectivity index is 0.00000192. The second-order valence-corrected chi connectivity index (χ2v) is 8.29. The Morgan fingerprint density at radius 1 is 1.07 bits per heavy atom. The van der Waals surface area contributed by atoms with E-state index in [9.17, 15) is 0 Å². The molecule has 0 unspecified atom stereocenters. The van der Waals surface area contributed by atoms with Gasteiger partial charge in [-0.05, 0) is 49.7 Å². The molecule has 146 valence electrons. The maximum Gasteiger partial charge on any atom is 0.136 e. The van der Waals surface area contributed by atoms with Crippen molar-refractivity contribution in [2.24, 2.45) is 0 Å². The molecule has 0 radical (unpaired) electrons. The van der Waals surface area contributed by atoms with Crippen LogP contribution in [0, 0.1) is 0 Å². The number of halogens is 1. The summed E-state index contributed by atoms with van der Waals surface area (Å²) >= 11 is 1.81. The van der Waals surface area contributed by atoms with Crippen molar-refractivity contribution < 1.29 is 9.15 Å². The third kappa shape index (κ3) is 3.87. The van der Waals surface area contributed by atoms with Crippen molar-refractivity contribution in [2.45, 2.75) is 12.8 Å². The van der Waals surface area contributed by atoms with Gasteiger partial charge in [0.15, 0.2) is 0 Å². The summed E-state index contributed by atoms with van der Waals surface area (Å²) in [5, 5.41) is 2.38. The van der Waals surface area contributed by atoms with Gasteiger partial charge in [0, 0.05) is 27.0 Å². The number of nitrogens with zero attached hydrogens (tertiary/aromatic N) is 1. The van der Waals surface area contributed by atoms with Crippen LogP contribution in [-0.4, -0.2) is 37.7 Å². The molecule has 2 aliphatic heterocycles. The van der Waals surface area contributed by atoms with Crippen LogP contribution in [0.5, 0.6) is 0 Å². The first-order valence-corrected chi connectivity index (χ1v) is 10.5. The molecular weight excluding hydrogens is 390 g/mol.